The Kier molecular flexibility index (Phi) is 4.42. The molecule has 1 saturated heterocycles. The Balaban J connectivity index is 1.57. The standard InChI is InChI=1S/C20H18Cl2N4O2/c21-14-9-11-10-15(20(27)26-7-5-23-6-8-26)28-18(11)16(17(14)22)12-1-3-24-19-13(12)2-4-25-19/h1-4,9,15,23H,5-8,10H2,(H,24,25)/t15-/m1/s1. The second-order valence-corrected chi connectivity index (χ2v) is 7.81. The van der Waals surface area contributed by atoms with Crippen LogP contribution in [0.15, 0.2) is 30.6 Å². The van der Waals surface area contributed by atoms with Crippen LogP contribution < -0.4 is 10.1 Å². The summed E-state index contributed by atoms with van der Waals surface area (Å²) in [5, 5.41) is 5.06. The van der Waals surface area contributed by atoms with E-state index in [0.29, 0.717) is 40.9 Å². The minimum Gasteiger partial charge on any atom is -0.479 e. The molecule has 6 nitrogen and oxygen atoms in total. The van der Waals surface area contributed by atoms with E-state index in [1.807, 2.05) is 29.3 Å². The van der Waals surface area contributed by atoms with Crippen LogP contribution in [-0.4, -0.2) is 53.1 Å². The van der Waals surface area contributed by atoms with Gasteiger partial charge in [0.05, 0.1) is 10.0 Å². The molecule has 1 fully saturated rings. The number of pyridine rings is 1. The highest BCUT2D eigenvalue weighted by Crippen LogP contribution is 2.48. The van der Waals surface area contributed by atoms with Gasteiger partial charge in [-0.25, -0.2) is 4.98 Å². The van der Waals surface area contributed by atoms with E-state index in [4.69, 9.17) is 27.9 Å². The topological polar surface area (TPSA) is 70.2 Å². The summed E-state index contributed by atoms with van der Waals surface area (Å²) in [4.78, 5) is 22.2. The van der Waals surface area contributed by atoms with Crippen molar-refractivity contribution in [1.29, 1.82) is 0 Å². The van der Waals surface area contributed by atoms with Crippen molar-refractivity contribution in [3.63, 3.8) is 0 Å². The molecular formula is C20H18Cl2N4O2. The Morgan fingerprint density at radius 1 is 1.25 bits per heavy atom. The summed E-state index contributed by atoms with van der Waals surface area (Å²) >= 11 is 13.0. The van der Waals surface area contributed by atoms with E-state index in [1.54, 1.807) is 6.20 Å². The van der Waals surface area contributed by atoms with Crippen molar-refractivity contribution in [1.82, 2.24) is 20.2 Å². The second kappa shape index (κ2) is 6.95. The highest BCUT2D eigenvalue weighted by atomic mass is 35.5. The summed E-state index contributed by atoms with van der Waals surface area (Å²) in [5.74, 6) is 0.647. The second-order valence-electron chi connectivity index (χ2n) is 7.02. The Morgan fingerprint density at radius 2 is 2.07 bits per heavy atom. The Labute approximate surface area is 171 Å². The molecule has 2 aliphatic heterocycles. The van der Waals surface area contributed by atoms with Gasteiger partial charge in [-0.05, 0) is 23.8 Å². The van der Waals surface area contributed by atoms with Gasteiger partial charge >= 0.3 is 0 Å². The molecule has 0 radical (unpaired) electrons. The summed E-state index contributed by atoms with van der Waals surface area (Å²) in [6, 6.07) is 5.64. The fourth-order valence-electron chi connectivity index (χ4n) is 3.98. The summed E-state index contributed by atoms with van der Waals surface area (Å²) in [6.07, 6.45) is 3.49. The molecule has 4 heterocycles. The average Bonchev–Trinajstić information content (AvgIpc) is 3.36. The molecule has 144 valence electrons. The molecule has 5 rings (SSSR count). The molecule has 1 atom stereocenters. The lowest BCUT2D eigenvalue weighted by molar-refractivity contribution is -0.138. The molecule has 0 aliphatic carbocycles. The van der Waals surface area contributed by atoms with Crippen LogP contribution in [0.3, 0.4) is 0 Å². The van der Waals surface area contributed by atoms with Gasteiger partial charge in [0.2, 0.25) is 0 Å². The number of benzene rings is 1. The third-order valence-electron chi connectivity index (χ3n) is 5.35. The number of rotatable bonds is 2. The number of H-pyrrole nitrogens is 1. The van der Waals surface area contributed by atoms with Crippen LogP contribution in [0.4, 0.5) is 0 Å². The van der Waals surface area contributed by atoms with Gasteiger partial charge in [-0.1, -0.05) is 23.2 Å². The van der Waals surface area contributed by atoms with E-state index in [1.165, 1.54) is 0 Å². The maximum absolute atomic E-state index is 12.9. The van der Waals surface area contributed by atoms with Gasteiger partial charge < -0.3 is 19.9 Å². The maximum Gasteiger partial charge on any atom is 0.264 e. The molecule has 2 N–H and O–H groups in total. The fourth-order valence-corrected chi connectivity index (χ4v) is 4.45. The van der Waals surface area contributed by atoms with Crippen molar-refractivity contribution in [2.45, 2.75) is 12.5 Å². The quantitative estimate of drug-likeness (QED) is 0.672. The van der Waals surface area contributed by atoms with E-state index in [9.17, 15) is 4.79 Å². The van der Waals surface area contributed by atoms with E-state index in [0.717, 1.165) is 35.2 Å². The molecule has 3 aromatic rings. The highest BCUT2D eigenvalue weighted by molar-refractivity contribution is 6.44. The van der Waals surface area contributed by atoms with Crippen LogP contribution in [0.25, 0.3) is 22.2 Å². The zero-order valence-electron chi connectivity index (χ0n) is 15.0. The number of amides is 1. The third kappa shape index (κ3) is 2.83. The fraction of sp³-hybridized carbons (Fsp3) is 0.300. The van der Waals surface area contributed by atoms with Gasteiger partial charge in [0.1, 0.15) is 11.4 Å². The third-order valence-corrected chi connectivity index (χ3v) is 6.14. The number of halogens is 2. The van der Waals surface area contributed by atoms with Crippen molar-refractivity contribution in [2.24, 2.45) is 0 Å². The molecule has 0 unspecified atom stereocenters. The number of carbonyl (C=O) groups is 1. The van der Waals surface area contributed by atoms with E-state index in [2.05, 4.69) is 15.3 Å². The number of hydrogen-bond donors (Lipinski definition) is 2. The van der Waals surface area contributed by atoms with Gasteiger partial charge in [-0.3, -0.25) is 4.79 Å². The van der Waals surface area contributed by atoms with Gasteiger partial charge in [0, 0.05) is 61.5 Å². The Hall–Kier alpha value is -2.28. The smallest absolute Gasteiger partial charge is 0.264 e. The van der Waals surface area contributed by atoms with Crippen LogP contribution >= 0.6 is 23.2 Å². The minimum atomic E-state index is -0.551. The van der Waals surface area contributed by atoms with Gasteiger partial charge in [0.25, 0.3) is 5.91 Å². The Bertz CT molecular complexity index is 1080. The van der Waals surface area contributed by atoms with E-state index in [-0.39, 0.29) is 5.91 Å². The van der Waals surface area contributed by atoms with Crippen LogP contribution in [-0.2, 0) is 11.2 Å². The maximum atomic E-state index is 12.9. The SMILES string of the molecule is O=C([C@H]1Cc2cc(Cl)c(Cl)c(-c3ccnc4[nH]ccc34)c2O1)N1CCNCC1. The number of carbonyl (C=O) groups excluding carboxylic acids is 1. The Morgan fingerprint density at radius 3 is 2.89 bits per heavy atom. The number of hydrogen-bond acceptors (Lipinski definition) is 4. The van der Waals surface area contributed by atoms with Crippen LogP contribution in [0.5, 0.6) is 5.75 Å². The number of ether oxygens (including phenoxy) is 1. The normalized spacial score (nSPS) is 18.9. The van der Waals surface area contributed by atoms with Gasteiger partial charge in [0.15, 0.2) is 6.10 Å². The molecule has 8 heteroatoms. The van der Waals surface area contributed by atoms with Crippen molar-refractivity contribution in [2.75, 3.05) is 26.2 Å². The van der Waals surface area contributed by atoms with Crippen molar-refractivity contribution in [3.8, 4) is 16.9 Å². The van der Waals surface area contributed by atoms with Crippen LogP contribution in [0.2, 0.25) is 10.0 Å². The number of fused-ring (bicyclic) bond motifs is 2. The van der Waals surface area contributed by atoms with Crippen LogP contribution in [0, 0.1) is 0 Å². The predicted octanol–water partition coefficient (Wildman–Crippen LogP) is 3.27. The molecule has 2 aromatic heterocycles. The van der Waals surface area contributed by atoms with Crippen LogP contribution in [0.1, 0.15) is 5.56 Å². The summed E-state index contributed by atoms with van der Waals surface area (Å²) in [7, 11) is 0. The lowest BCUT2D eigenvalue weighted by Gasteiger charge is -2.29. The molecule has 28 heavy (non-hydrogen) atoms. The van der Waals surface area contributed by atoms with Crippen molar-refractivity contribution < 1.29 is 9.53 Å². The average molecular weight is 417 g/mol. The van der Waals surface area contributed by atoms with Crippen molar-refractivity contribution >= 4 is 40.1 Å². The first kappa shape index (κ1) is 17.8. The molecule has 0 saturated carbocycles. The number of nitrogens with one attached hydrogen (secondary N) is 2. The monoisotopic (exact) mass is 416 g/mol. The molecular weight excluding hydrogens is 399 g/mol. The number of piperazine rings is 1. The zero-order valence-corrected chi connectivity index (χ0v) is 16.5. The minimum absolute atomic E-state index is 0.0115. The van der Waals surface area contributed by atoms with E-state index < -0.39 is 6.10 Å². The highest BCUT2D eigenvalue weighted by Gasteiger charge is 2.36. The number of aromatic nitrogens is 2. The molecule has 0 spiro atoms. The largest absolute Gasteiger partial charge is 0.479 e. The van der Waals surface area contributed by atoms with Gasteiger partial charge in [-0.15, -0.1) is 0 Å². The van der Waals surface area contributed by atoms with E-state index >= 15 is 0 Å². The summed E-state index contributed by atoms with van der Waals surface area (Å²) in [6.45, 7) is 2.99. The number of aromatic amines is 1. The van der Waals surface area contributed by atoms with Crippen molar-refractivity contribution in [3.05, 3.63) is 46.2 Å². The first-order chi connectivity index (χ1) is 13.6. The lowest BCUT2D eigenvalue weighted by Crippen LogP contribution is -2.50. The molecule has 0 bridgehead atoms. The van der Waals surface area contributed by atoms with Gasteiger partial charge in [-0.2, -0.15) is 0 Å². The first-order valence-corrected chi connectivity index (χ1v) is 9.98. The first-order valence-electron chi connectivity index (χ1n) is 9.23. The molecule has 1 amide bonds. The molecule has 2 aliphatic rings. The summed E-state index contributed by atoms with van der Waals surface area (Å²) in [5.41, 5.74) is 3.25. The molecule has 1 aromatic carbocycles. The number of nitrogens with zero attached hydrogens (tertiary/aromatic N) is 2. The lowest BCUT2D eigenvalue weighted by atomic mass is 9.99. The summed E-state index contributed by atoms with van der Waals surface area (Å²) < 4.78 is 6.18. The predicted molar refractivity (Wildman–Crippen MR) is 109 cm³/mol. The zero-order chi connectivity index (χ0) is 19.3.